The summed E-state index contributed by atoms with van der Waals surface area (Å²) in [5.41, 5.74) is 2.77. The summed E-state index contributed by atoms with van der Waals surface area (Å²) in [4.78, 5) is 4.29. The van der Waals surface area contributed by atoms with E-state index in [1.54, 1.807) is 13.1 Å². The Bertz CT molecular complexity index is 635. The number of nitrogens with zero attached hydrogens (tertiary/aromatic N) is 1. The number of phenols is 1. The third-order valence-electron chi connectivity index (χ3n) is 2.83. The highest BCUT2D eigenvalue weighted by Gasteiger charge is 2.10. The first-order chi connectivity index (χ1) is 8.63. The maximum Gasteiger partial charge on any atom is 0.125 e. The van der Waals surface area contributed by atoms with Crippen molar-refractivity contribution in [1.29, 1.82) is 0 Å². The molecule has 0 aliphatic carbocycles. The molecule has 18 heavy (non-hydrogen) atoms. The summed E-state index contributed by atoms with van der Waals surface area (Å²) in [5, 5.41) is 12.2. The minimum atomic E-state index is 0.270. The zero-order chi connectivity index (χ0) is 13.1. The molecule has 0 spiro atoms. The van der Waals surface area contributed by atoms with Gasteiger partial charge in [0, 0.05) is 12.6 Å². The van der Waals surface area contributed by atoms with Gasteiger partial charge in [-0.15, -0.1) is 0 Å². The number of hydrogen-bond donors (Lipinski definition) is 1. The molecule has 0 heterocycles. The van der Waals surface area contributed by atoms with Gasteiger partial charge >= 0.3 is 0 Å². The molecule has 0 atom stereocenters. The Morgan fingerprint density at radius 2 is 1.83 bits per heavy atom. The Balaban J connectivity index is 2.76. The quantitative estimate of drug-likeness (QED) is 0.791. The van der Waals surface area contributed by atoms with E-state index < -0.39 is 0 Å². The van der Waals surface area contributed by atoms with Crippen LogP contribution in [0.15, 0.2) is 53.0 Å². The summed E-state index contributed by atoms with van der Waals surface area (Å²) >= 11 is 0. The molecule has 2 rings (SSSR count). The Labute approximate surface area is 107 Å². The maximum absolute atomic E-state index is 10.1. The highest BCUT2D eigenvalue weighted by Crippen LogP contribution is 2.28. The van der Waals surface area contributed by atoms with Crippen molar-refractivity contribution in [2.24, 2.45) is 4.99 Å². The molecule has 0 bridgehead atoms. The van der Waals surface area contributed by atoms with Gasteiger partial charge in [0.15, 0.2) is 0 Å². The van der Waals surface area contributed by atoms with Gasteiger partial charge < -0.3 is 5.11 Å². The topological polar surface area (TPSA) is 32.6 Å². The van der Waals surface area contributed by atoms with Gasteiger partial charge in [0.1, 0.15) is 5.75 Å². The van der Waals surface area contributed by atoms with Crippen LogP contribution in [0.3, 0.4) is 0 Å². The van der Waals surface area contributed by atoms with Crippen LogP contribution in [0.1, 0.15) is 19.4 Å². The van der Waals surface area contributed by atoms with E-state index >= 15 is 0 Å². The molecule has 0 amide bonds. The first-order valence-electron chi connectivity index (χ1n) is 5.96. The van der Waals surface area contributed by atoms with E-state index in [1.807, 2.05) is 50.3 Å². The molecule has 0 aliphatic rings. The first kappa shape index (κ1) is 12.4. The molecular formula is C16H17NO. The molecule has 0 unspecified atom stereocenters. The number of allylic oxidation sites excluding steroid dienone is 2. The van der Waals surface area contributed by atoms with Crippen molar-refractivity contribution >= 4 is 16.5 Å². The fourth-order valence-electron chi connectivity index (χ4n) is 2.05. The van der Waals surface area contributed by atoms with Crippen LogP contribution >= 0.6 is 0 Å². The Morgan fingerprint density at radius 3 is 2.50 bits per heavy atom. The Hall–Kier alpha value is -2.09. The molecule has 2 heteroatoms. The van der Waals surface area contributed by atoms with Crippen molar-refractivity contribution in [2.45, 2.75) is 13.8 Å². The molecule has 0 aromatic heterocycles. The van der Waals surface area contributed by atoms with Gasteiger partial charge in [-0.2, -0.15) is 0 Å². The predicted molar refractivity (Wildman–Crippen MR) is 77.5 cm³/mol. The van der Waals surface area contributed by atoms with Crippen LogP contribution in [0.25, 0.3) is 10.8 Å². The lowest BCUT2D eigenvalue weighted by molar-refractivity contribution is 0.475. The molecule has 0 fully saturated rings. The van der Waals surface area contributed by atoms with Crippen LogP contribution in [-0.4, -0.2) is 17.9 Å². The minimum absolute atomic E-state index is 0.270. The van der Waals surface area contributed by atoms with Crippen molar-refractivity contribution in [1.82, 2.24) is 0 Å². The highest BCUT2D eigenvalue weighted by atomic mass is 16.3. The molecule has 0 radical (unpaired) electrons. The van der Waals surface area contributed by atoms with E-state index in [9.17, 15) is 5.11 Å². The van der Waals surface area contributed by atoms with Crippen LogP contribution in [0.5, 0.6) is 5.75 Å². The van der Waals surface area contributed by atoms with Gasteiger partial charge in [0.25, 0.3) is 0 Å². The maximum atomic E-state index is 10.1. The summed E-state index contributed by atoms with van der Waals surface area (Å²) in [6.07, 6.45) is 1.99. The monoisotopic (exact) mass is 239 g/mol. The summed E-state index contributed by atoms with van der Waals surface area (Å²) in [6.45, 7) is 4.04. The average molecular weight is 239 g/mol. The lowest BCUT2D eigenvalue weighted by Gasteiger charge is -2.09. The van der Waals surface area contributed by atoms with E-state index in [0.717, 1.165) is 27.6 Å². The van der Waals surface area contributed by atoms with Gasteiger partial charge in [-0.1, -0.05) is 35.9 Å². The zero-order valence-corrected chi connectivity index (χ0v) is 10.9. The van der Waals surface area contributed by atoms with Gasteiger partial charge in [-0.05, 0) is 36.8 Å². The molecule has 2 nitrogen and oxygen atoms in total. The molecule has 0 aliphatic heterocycles. The van der Waals surface area contributed by atoms with Crippen molar-refractivity contribution < 1.29 is 5.11 Å². The average Bonchev–Trinajstić information content (AvgIpc) is 2.36. The lowest BCUT2D eigenvalue weighted by Crippen LogP contribution is -1.99. The molecule has 1 N–H and O–H groups in total. The van der Waals surface area contributed by atoms with Crippen LogP contribution < -0.4 is 0 Å². The van der Waals surface area contributed by atoms with E-state index in [2.05, 4.69) is 4.99 Å². The standard InChI is InChI=1S/C16H17NO/c1-11(2)10-14(17-3)16-13-7-5-4-6-12(13)8-9-15(16)18/h4-10,18H,1-3H3. The zero-order valence-electron chi connectivity index (χ0n) is 10.9. The van der Waals surface area contributed by atoms with Gasteiger partial charge in [0.2, 0.25) is 0 Å². The third-order valence-corrected chi connectivity index (χ3v) is 2.83. The Morgan fingerprint density at radius 1 is 1.11 bits per heavy atom. The number of hydrogen-bond acceptors (Lipinski definition) is 2. The number of rotatable bonds is 2. The van der Waals surface area contributed by atoms with Crippen LogP contribution in [0, 0.1) is 0 Å². The second-order valence-corrected chi connectivity index (χ2v) is 4.51. The third kappa shape index (κ3) is 2.28. The normalized spacial score (nSPS) is 11.6. The number of aromatic hydroxyl groups is 1. The summed E-state index contributed by atoms with van der Waals surface area (Å²) < 4.78 is 0. The molecule has 0 saturated heterocycles. The molecular weight excluding hydrogens is 222 g/mol. The van der Waals surface area contributed by atoms with Gasteiger partial charge in [-0.25, -0.2) is 0 Å². The highest BCUT2D eigenvalue weighted by molar-refractivity contribution is 6.18. The number of phenolic OH excluding ortho intramolecular Hbond substituents is 1. The van der Waals surface area contributed by atoms with Crippen LogP contribution in [0.4, 0.5) is 0 Å². The van der Waals surface area contributed by atoms with Crippen molar-refractivity contribution in [3.05, 3.63) is 53.6 Å². The van der Waals surface area contributed by atoms with E-state index in [4.69, 9.17) is 0 Å². The van der Waals surface area contributed by atoms with E-state index in [0.29, 0.717) is 0 Å². The minimum Gasteiger partial charge on any atom is -0.507 e. The summed E-state index contributed by atoms with van der Waals surface area (Å²) in [6, 6.07) is 11.7. The van der Waals surface area contributed by atoms with Crippen LogP contribution in [0.2, 0.25) is 0 Å². The number of benzene rings is 2. The van der Waals surface area contributed by atoms with E-state index in [1.165, 1.54) is 0 Å². The largest absolute Gasteiger partial charge is 0.507 e. The molecule has 2 aromatic carbocycles. The Kier molecular flexibility index (Phi) is 3.47. The van der Waals surface area contributed by atoms with E-state index in [-0.39, 0.29) is 5.75 Å². The lowest BCUT2D eigenvalue weighted by atomic mass is 9.98. The SMILES string of the molecule is CN=C(C=C(C)C)c1c(O)ccc2ccccc12. The first-order valence-corrected chi connectivity index (χ1v) is 5.96. The van der Waals surface area contributed by atoms with Crippen molar-refractivity contribution in [3.63, 3.8) is 0 Å². The fraction of sp³-hybridized carbons (Fsp3) is 0.188. The second kappa shape index (κ2) is 5.05. The fourth-order valence-corrected chi connectivity index (χ4v) is 2.05. The van der Waals surface area contributed by atoms with Crippen molar-refractivity contribution in [3.8, 4) is 5.75 Å². The summed E-state index contributed by atoms with van der Waals surface area (Å²) in [7, 11) is 1.75. The summed E-state index contributed by atoms with van der Waals surface area (Å²) in [5.74, 6) is 0.270. The van der Waals surface area contributed by atoms with Gasteiger partial charge in [0.05, 0.1) is 5.71 Å². The van der Waals surface area contributed by atoms with Crippen LogP contribution in [-0.2, 0) is 0 Å². The number of aliphatic imine (C=N–C) groups is 1. The second-order valence-electron chi connectivity index (χ2n) is 4.51. The molecule has 0 saturated carbocycles. The predicted octanol–water partition coefficient (Wildman–Crippen LogP) is 3.93. The smallest absolute Gasteiger partial charge is 0.125 e. The van der Waals surface area contributed by atoms with Crippen molar-refractivity contribution in [2.75, 3.05) is 7.05 Å². The van der Waals surface area contributed by atoms with Gasteiger partial charge in [-0.3, -0.25) is 4.99 Å². The molecule has 92 valence electrons. The number of fused-ring (bicyclic) bond motifs is 1. The molecule has 2 aromatic rings.